The molecule has 4 heterocycles. The highest BCUT2D eigenvalue weighted by atomic mass is 16.6. The van der Waals surface area contributed by atoms with E-state index in [1.54, 1.807) is 6.07 Å². The smallest absolute Gasteiger partial charge is 0.414 e. The normalized spacial score (nSPS) is 42.2. The van der Waals surface area contributed by atoms with Gasteiger partial charge in [0.1, 0.15) is 5.54 Å². The number of anilines is 1. The van der Waals surface area contributed by atoms with Gasteiger partial charge >= 0.3 is 12.1 Å². The van der Waals surface area contributed by atoms with E-state index in [9.17, 15) is 19.5 Å². The van der Waals surface area contributed by atoms with Crippen molar-refractivity contribution >= 4 is 23.7 Å². The van der Waals surface area contributed by atoms with Gasteiger partial charge in [0.25, 0.3) is 5.91 Å². The Labute approximate surface area is 195 Å². The quantitative estimate of drug-likeness (QED) is 0.640. The molecule has 8 rings (SSSR count). The van der Waals surface area contributed by atoms with Crippen LogP contribution in [0.15, 0.2) is 12.1 Å². The molecular formula is C24H26N2O8. The van der Waals surface area contributed by atoms with E-state index in [-0.39, 0.29) is 18.4 Å². The van der Waals surface area contributed by atoms with Crippen LogP contribution in [-0.4, -0.2) is 79.1 Å². The highest BCUT2D eigenvalue weighted by molar-refractivity contribution is 6.06. The third-order valence-electron chi connectivity index (χ3n) is 9.77. The molecule has 10 heteroatoms. The number of hydrogen-bond acceptors (Lipinski definition) is 8. The van der Waals surface area contributed by atoms with Crippen LogP contribution in [0.5, 0.6) is 11.5 Å². The molecule has 4 bridgehead atoms. The molecule has 7 aliphatic rings. The molecule has 34 heavy (non-hydrogen) atoms. The third-order valence-corrected chi connectivity index (χ3v) is 9.77. The number of fused-ring (bicyclic) bond motifs is 2. The maximum Gasteiger partial charge on any atom is 0.414 e. The van der Waals surface area contributed by atoms with E-state index in [2.05, 4.69) is 0 Å². The van der Waals surface area contributed by atoms with Gasteiger partial charge in [-0.2, -0.15) is 0 Å². The summed E-state index contributed by atoms with van der Waals surface area (Å²) in [5.74, 6) is -0.425. The van der Waals surface area contributed by atoms with Gasteiger partial charge in [-0.15, -0.1) is 0 Å². The average molecular weight is 470 g/mol. The summed E-state index contributed by atoms with van der Waals surface area (Å²) in [6.45, 7) is 0.552. The summed E-state index contributed by atoms with van der Waals surface area (Å²) in [6, 6.07) is 3.25. The number of rotatable bonds is 2. The van der Waals surface area contributed by atoms with Crippen molar-refractivity contribution in [3.8, 4) is 11.5 Å². The molecule has 1 aromatic rings. The molecule has 180 valence electrons. The van der Waals surface area contributed by atoms with Crippen LogP contribution in [0, 0.1) is 5.41 Å². The Bertz CT molecular complexity index is 1200. The SMILES string of the molecule is COC(=O)N1c2c(ccc(OC)c2OC)[C@]23[C@H]4OC(=O)[C@]5(O)C[C@@]6(CCCN(C4=O)[C@@H]62)CC[C@]135. The molecule has 0 aromatic heterocycles. The van der Waals surface area contributed by atoms with Gasteiger partial charge in [0.2, 0.25) is 0 Å². The van der Waals surface area contributed by atoms with Gasteiger partial charge in [-0.1, -0.05) is 6.07 Å². The number of hydrogen-bond donors (Lipinski definition) is 1. The fourth-order valence-electron chi connectivity index (χ4n) is 9.05. The lowest BCUT2D eigenvalue weighted by Crippen LogP contribution is -2.89. The summed E-state index contributed by atoms with van der Waals surface area (Å²) >= 11 is 0. The maximum absolute atomic E-state index is 13.8. The number of carbonyl (C=O) groups excluding carboxylic acids is 3. The first-order chi connectivity index (χ1) is 16.3. The molecule has 3 spiro atoms. The van der Waals surface area contributed by atoms with Crippen molar-refractivity contribution in [1.29, 1.82) is 0 Å². The van der Waals surface area contributed by atoms with Gasteiger partial charge < -0.3 is 29.0 Å². The summed E-state index contributed by atoms with van der Waals surface area (Å²) < 4.78 is 22.4. The number of nitrogens with zero attached hydrogens (tertiary/aromatic N) is 2. The van der Waals surface area contributed by atoms with E-state index in [0.717, 1.165) is 12.8 Å². The molecule has 0 radical (unpaired) electrons. The lowest BCUT2D eigenvalue weighted by molar-refractivity contribution is -0.261. The van der Waals surface area contributed by atoms with Crippen molar-refractivity contribution in [3.05, 3.63) is 17.7 Å². The predicted octanol–water partition coefficient (Wildman–Crippen LogP) is 1.11. The van der Waals surface area contributed by atoms with E-state index < -0.39 is 40.1 Å². The molecule has 6 fully saturated rings. The molecule has 3 saturated heterocycles. The number of ether oxygens (including phenoxy) is 4. The Morgan fingerprint density at radius 2 is 1.94 bits per heavy atom. The number of piperidine rings is 1. The number of benzene rings is 1. The van der Waals surface area contributed by atoms with Gasteiger partial charge in [0.05, 0.1) is 38.5 Å². The first-order valence-electron chi connectivity index (χ1n) is 11.7. The Morgan fingerprint density at radius 1 is 1.15 bits per heavy atom. The Hall–Kier alpha value is -3.01. The molecule has 3 saturated carbocycles. The van der Waals surface area contributed by atoms with Crippen LogP contribution in [0.25, 0.3) is 0 Å². The standard InChI is InChI=1S/C24H26N2O8/c1-31-13-6-5-12-14(15(13)32-2)26(20(29)33-3)23-9-8-21-7-4-10-25-17(27)16(24(12,23)18(21)25)34-19(28)22(23,30)11-21/h5-6,16,18,30H,4,7-11H2,1-3H3/t16-,18-,21+,22+,23+,24-/m0/s1. The van der Waals surface area contributed by atoms with E-state index in [4.69, 9.17) is 18.9 Å². The first-order valence-corrected chi connectivity index (χ1v) is 11.7. The van der Waals surface area contributed by atoms with Gasteiger partial charge in [-0.25, -0.2) is 9.59 Å². The minimum Gasteiger partial charge on any atom is -0.493 e. The fraction of sp³-hybridized carbons (Fsp3) is 0.625. The minimum atomic E-state index is -2.00. The number of amides is 2. The molecular weight excluding hydrogens is 444 g/mol. The molecule has 4 aliphatic heterocycles. The molecule has 3 aliphatic carbocycles. The molecule has 1 N–H and O–H groups in total. The zero-order valence-corrected chi connectivity index (χ0v) is 19.3. The van der Waals surface area contributed by atoms with Crippen LogP contribution < -0.4 is 14.4 Å². The summed E-state index contributed by atoms with van der Waals surface area (Å²) in [6.07, 6.45) is 0.851. The van der Waals surface area contributed by atoms with Crippen molar-refractivity contribution < 1.29 is 38.4 Å². The largest absolute Gasteiger partial charge is 0.493 e. The van der Waals surface area contributed by atoms with E-state index in [0.29, 0.717) is 42.1 Å². The van der Waals surface area contributed by atoms with Crippen molar-refractivity contribution in [3.63, 3.8) is 0 Å². The lowest BCUT2D eigenvalue weighted by Gasteiger charge is -2.73. The summed E-state index contributed by atoms with van der Waals surface area (Å²) in [7, 11) is 4.23. The fourth-order valence-corrected chi connectivity index (χ4v) is 9.05. The van der Waals surface area contributed by atoms with Crippen LogP contribution in [0.3, 0.4) is 0 Å². The van der Waals surface area contributed by atoms with Crippen molar-refractivity contribution in [2.75, 3.05) is 32.8 Å². The molecule has 10 nitrogen and oxygen atoms in total. The van der Waals surface area contributed by atoms with E-state index in [1.807, 2.05) is 11.0 Å². The van der Waals surface area contributed by atoms with Crippen molar-refractivity contribution in [2.24, 2.45) is 5.41 Å². The van der Waals surface area contributed by atoms with Crippen LogP contribution in [0.4, 0.5) is 10.5 Å². The summed E-state index contributed by atoms with van der Waals surface area (Å²) in [5, 5.41) is 12.3. The van der Waals surface area contributed by atoms with Crippen molar-refractivity contribution in [1.82, 2.24) is 4.90 Å². The summed E-state index contributed by atoms with van der Waals surface area (Å²) in [4.78, 5) is 44.2. The Balaban J connectivity index is 1.68. The molecule has 1 aromatic carbocycles. The monoisotopic (exact) mass is 470 g/mol. The van der Waals surface area contributed by atoms with Gasteiger partial charge in [-0.05, 0) is 49.1 Å². The second-order valence-electron chi connectivity index (χ2n) is 10.5. The molecule has 2 amide bonds. The second-order valence-corrected chi connectivity index (χ2v) is 10.5. The maximum atomic E-state index is 13.8. The highest BCUT2D eigenvalue weighted by Gasteiger charge is 2.93. The van der Waals surface area contributed by atoms with E-state index >= 15 is 0 Å². The van der Waals surface area contributed by atoms with Crippen LogP contribution >= 0.6 is 0 Å². The predicted molar refractivity (Wildman–Crippen MR) is 115 cm³/mol. The zero-order valence-electron chi connectivity index (χ0n) is 19.3. The van der Waals surface area contributed by atoms with Crippen molar-refractivity contribution in [2.45, 2.75) is 60.8 Å². The number of aliphatic hydroxyl groups is 1. The topological polar surface area (TPSA) is 115 Å². The van der Waals surface area contributed by atoms with Crippen LogP contribution in [0.1, 0.15) is 37.7 Å². The summed E-state index contributed by atoms with van der Waals surface area (Å²) in [5.41, 5.74) is -4.03. The highest BCUT2D eigenvalue weighted by Crippen LogP contribution is 2.79. The number of carbonyl (C=O) groups is 3. The van der Waals surface area contributed by atoms with E-state index in [1.165, 1.54) is 26.2 Å². The minimum absolute atomic E-state index is 0.128. The Morgan fingerprint density at radius 3 is 2.65 bits per heavy atom. The second kappa shape index (κ2) is 5.79. The number of esters is 1. The van der Waals surface area contributed by atoms with Gasteiger partial charge in [-0.3, -0.25) is 9.69 Å². The Kier molecular flexibility index (Phi) is 3.47. The third kappa shape index (κ3) is 1.63. The number of methoxy groups -OCH3 is 3. The first kappa shape index (κ1) is 20.4. The molecule has 6 atom stereocenters. The van der Waals surface area contributed by atoms with Crippen LogP contribution in [-0.2, 0) is 24.5 Å². The van der Waals surface area contributed by atoms with Gasteiger partial charge in [0, 0.05) is 6.54 Å². The van der Waals surface area contributed by atoms with Gasteiger partial charge in [0.15, 0.2) is 23.2 Å². The van der Waals surface area contributed by atoms with Crippen LogP contribution in [0.2, 0.25) is 0 Å². The average Bonchev–Trinajstić information content (AvgIpc) is 3.27. The zero-order chi connectivity index (χ0) is 23.8. The molecule has 0 unspecified atom stereocenters. The lowest BCUT2D eigenvalue weighted by atomic mass is 9.36.